The fraction of sp³-hybridized carbons (Fsp3) is 0.867. The summed E-state index contributed by atoms with van der Waals surface area (Å²) in [7, 11) is 0. The van der Waals surface area contributed by atoms with Crippen molar-refractivity contribution >= 4 is 11.9 Å². The lowest BCUT2D eigenvalue weighted by Gasteiger charge is -2.30. The third-order valence-electron chi connectivity index (χ3n) is 5.18. The first-order valence-electron chi connectivity index (χ1n) is 7.10. The minimum absolute atomic E-state index is 0.0839. The number of ether oxygens (including phenoxy) is 1. The van der Waals surface area contributed by atoms with Gasteiger partial charge in [-0.1, -0.05) is 20.8 Å². The van der Waals surface area contributed by atoms with Crippen molar-refractivity contribution in [1.29, 1.82) is 0 Å². The van der Waals surface area contributed by atoms with Crippen molar-refractivity contribution in [1.82, 2.24) is 4.90 Å². The fourth-order valence-corrected chi connectivity index (χ4v) is 3.25. The Kier molecular flexibility index (Phi) is 3.19. The van der Waals surface area contributed by atoms with Crippen molar-refractivity contribution in [2.45, 2.75) is 59.5 Å². The molecule has 1 amide bonds. The van der Waals surface area contributed by atoms with Crippen LogP contribution in [0.4, 0.5) is 4.79 Å². The zero-order valence-corrected chi connectivity index (χ0v) is 12.7. The van der Waals surface area contributed by atoms with Gasteiger partial charge in [0.1, 0.15) is 11.4 Å². The fourth-order valence-electron chi connectivity index (χ4n) is 3.25. The van der Waals surface area contributed by atoms with Crippen LogP contribution in [0.3, 0.4) is 0 Å². The summed E-state index contributed by atoms with van der Waals surface area (Å²) < 4.78 is 5.56. The molecule has 1 saturated carbocycles. The van der Waals surface area contributed by atoms with Crippen LogP contribution in [0.5, 0.6) is 0 Å². The Bertz CT molecular complexity index is 396. The summed E-state index contributed by atoms with van der Waals surface area (Å²) in [6.07, 6.45) is 1.73. The highest BCUT2D eigenvalue weighted by molar-refractivity contribution is 5.84. The summed E-state index contributed by atoms with van der Waals surface area (Å²) in [6.45, 7) is 11.4. The van der Waals surface area contributed by atoms with Crippen LogP contribution in [0, 0.1) is 10.8 Å². The second kappa shape index (κ2) is 4.22. The number of Topliss-reactive ketones (excluding diaryl/α,β-unsaturated/α-hetero) is 1. The van der Waals surface area contributed by atoms with E-state index in [2.05, 4.69) is 13.8 Å². The summed E-state index contributed by atoms with van der Waals surface area (Å²) in [5, 5.41) is 0. The second-order valence-electron chi connectivity index (χ2n) is 7.35. The number of hydrogen-bond acceptors (Lipinski definition) is 3. The van der Waals surface area contributed by atoms with Crippen LogP contribution in [-0.2, 0) is 9.53 Å². The number of hydrogen-bond donors (Lipinski definition) is 0. The number of ketones is 1. The standard InChI is InChI=1S/C15H25NO3/c1-6-13(2,3)19-12(18)16-9-14(4)7-11(17)8-15(14,5)10-16/h6-10H2,1-5H3/t14-,15?/m0/s1. The minimum atomic E-state index is -0.424. The topological polar surface area (TPSA) is 46.6 Å². The average molecular weight is 267 g/mol. The summed E-state index contributed by atoms with van der Waals surface area (Å²) >= 11 is 0. The molecule has 0 radical (unpaired) electrons. The number of amides is 1. The van der Waals surface area contributed by atoms with E-state index in [0.717, 1.165) is 6.42 Å². The van der Waals surface area contributed by atoms with Crippen LogP contribution in [-0.4, -0.2) is 35.5 Å². The molecule has 1 aliphatic carbocycles. The Hall–Kier alpha value is -1.06. The van der Waals surface area contributed by atoms with Gasteiger partial charge in [0, 0.05) is 25.9 Å². The van der Waals surface area contributed by atoms with Crippen LogP contribution in [0.15, 0.2) is 0 Å². The number of rotatable bonds is 2. The van der Waals surface area contributed by atoms with Crippen LogP contribution < -0.4 is 0 Å². The monoisotopic (exact) mass is 267 g/mol. The molecule has 108 valence electrons. The summed E-state index contributed by atoms with van der Waals surface area (Å²) in [5.41, 5.74) is -0.592. The molecule has 4 nitrogen and oxygen atoms in total. The van der Waals surface area contributed by atoms with Gasteiger partial charge in [-0.3, -0.25) is 4.79 Å². The first kappa shape index (κ1) is 14.4. The Morgan fingerprint density at radius 1 is 1.26 bits per heavy atom. The molecule has 4 heteroatoms. The van der Waals surface area contributed by atoms with Gasteiger partial charge in [-0.2, -0.15) is 0 Å². The number of carbonyl (C=O) groups excluding carboxylic acids is 2. The molecule has 2 aliphatic rings. The van der Waals surface area contributed by atoms with E-state index in [4.69, 9.17) is 4.74 Å². The van der Waals surface area contributed by atoms with E-state index in [1.54, 1.807) is 4.90 Å². The maximum absolute atomic E-state index is 12.2. The molecule has 2 atom stereocenters. The molecule has 19 heavy (non-hydrogen) atoms. The molecule has 0 aromatic carbocycles. The molecular weight excluding hydrogens is 242 g/mol. The van der Waals surface area contributed by atoms with Crippen molar-refractivity contribution in [2.24, 2.45) is 10.8 Å². The molecule has 0 aromatic heterocycles. The Labute approximate surface area is 115 Å². The molecule has 1 saturated heterocycles. The van der Waals surface area contributed by atoms with Gasteiger partial charge >= 0.3 is 6.09 Å². The van der Waals surface area contributed by atoms with Gasteiger partial charge in [0.2, 0.25) is 0 Å². The summed E-state index contributed by atoms with van der Waals surface area (Å²) in [6, 6.07) is 0. The Morgan fingerprint density at radius 2 is 1.74 bits per heavy atom. The first-order chi connectivity index (χ1) is 8.61. The van der Waals surface area contributed by atoms with Crippen molar-refractivity contribution in [3.63, 3.8) is 0 Å². The van der Waals surface area contributed by atoms with E-state index < -0.39 is 5.60 Å². The van der Waals surface area contributed by atoms with E-state index in [0.29, 0.717) is 31.7 Å². The molecule has 1 aliphatic heterocycles. The Morgan fingerprint density at radius 3 is 2.16 bits per heavy atom. The number of likely N-dealkylation sites (tertiary alicyclic amines) is 1. The van der Waals surface area contributed by atoms with Gasteiger partial charge in [-0.05, 0) is 31.1 Å². The van der Waals surface area contributed by atoms with E-state index >= 15 is 0 Å². The Balaban J connectivity index is 2.07. The molecule has 1 unspecified atom stereocenters. The van der Waals surface area contributed by atoms with Gasteiger partial charge in [-0.25, -0.2) is 4.79 Å². The SMILES string of the molecule is CCC(C)(C)OC(=O)N1CC2(C)CC(=O)C[C@@]2(C)C1. The first-order valence-corrected chi connectivity index (χ1v) is 7.10. The van der Waals surface area contributed by atoms with Crippen molar-refractivity contribution < 1.29 is 14.3 Å². The third kappa shape index (κ3) is 2.37. The normalized spacial score (nSPS) is 34.6. The van der Waals surface area contributed by atoms with E-state index in [1.165, 1.54) is 0 Å². The van der Waals surface area contributed by atoms with E-state index in [1.807, 2.05) is 20.8 Å². The van der Waals surface area contributed by atoms with Gasteiger partial charge in [0.25, 0.3) is 0 Å². The lowest BCUT2D eigenvalue weighted by Crippen LogP contribution is -2.38. The van der Waals surface area contributed by atoms with Gasteiger partial charge in [0.15, 0.2) is 0 Å². The van der Waals surface area contributed by atoms with Crippen LogP contribution in [0.25, 0.3) is 0 Å². The maximum Gasteiger partial charge on any atom is 0.410 e. The highest BCUT2D eigenvalue weighted by Gasteiger charge is 2.59. The van der Waals surface area contributed by atoms with Gasteiger partial charge in [0.05, 0.1) is 0 Å². The quantitative estimate of drug-likeness (QED) is 0.772. The average Bonchev–Trinajstić information content (AvgIpc) is 2.61. The molecule has 2 rings (SSSR count). The number of carbonyl (C=O) groups is 2. The smallest absolute Gasteiger partial charge is 0.410 e. The number of fused-ring (bicyclic) bond motifs is 1. The molecule has 2 fully saturated rings. The highest BCUT2D eigenvalue weighted by Crippen LogP contribution is 2.55. The lowest BCUT2D eigenvalue weighted by molar-refractivity contribution is -0.118. The largest absolute Gasteiger partial charge is 0.443 e. The second-order valence-corrected chi connectivity index (χ2v) is 7.35. The van der Waals surface area contributed by atoms with Crippen molar-refractivity contribution in [3.05, 3.63) is 0 Å². The third-order valence-corrected chi connectivity index (χ3v) is 5.18. The van der Waals surface area contributed by atoms with Gasteiger partial charge in [-0.15, -0.1) is 0 Å². The molecule has 0 N–H and O–H groups in total. The predicted octanol–water partition coefficient (Wildman–Crippen LogP) is 3.00. The zero-order chi connectivity index (χ0) is 14.5. The molecule has 1 heterocycles. The van der Waals surface area contributed by atoms with E-state index in [9.17, 15) is 9.59 Å². The lowest BCUT2D eigenvalue weighted by atomic mass is 9.71. The minimum Gasteiger partial charge on any atom is -0.443 e. The summed E-state index contributed by atoms with van der Waals surface area (Å²) in [4.78, 5) is 25.7. The van der Waals surface area contributed by atoms with Crippen molar-refractivity contribution in [2.75, 3.05) is 13.1 Å². The van der Waals surface area contributed by atoms with Crippen LogP contribution in [0.2, 0.25) is 0 Å². The molecule has 0 bridgehead atoms. The zero-order valence-electron chi connectivity index (χ0n) is 12.7. The molecular formula is C15H25NO3. The predicted molar refractivity (Wildman–Crippen MR) is 72.9 cm³/mol. The van der Waals surface area contributed by atoms with Crippen LogP contribution in [0.1, 0.15) is 53.9 Å². The van der Waals surface area contributed by atoms with Gasteiger partial charge < -0.3 is 9.64 Å². The molecule has 0 aromatic rings. The molecule has 0 spiro atoms. The van der Waals surface area contributed by atoms with Crippen LogP contribution >= 0.6 is 0 Å². The van der Waals surface area contributed by atoms with Crippen molar-refractivity contribution in [3.8, 4) is 0 Å². The highest BCUT2D eigenvalue weighted by atomic mass is 16.6. The van der Waals surface area contributed by atoms with E-state index in [-0.39, 0.29) is 16.9 Å². The maximum atomic E-state index is 12.2. The summed E-state index contributed by atoms with van der Waals surface area (Å²) in [5.74, 6) is 0.326. The number of nitrogens with zero attached hydrogens (tertiary/aromatic N) is 1.